The predicted molar refractivity (Wildman–Crippen MR) is 130 cm³/mol. The summed E-state index contributed by atoms with van der Waals surface area (Å²) in [6.45, 7) is 12.3. The molecule has 0 spiro atoms. The van der Waals surface area contributed by atoms with Crippen LogP contribution in [0.15, 0.2) is 37.0 Å². The van der Waals surface area contributed by atoms with E-state index < -0.39 is 0 Å². The zero-order valence-electron chi connectivity index (χ0n) is 20.7. The number of fused-ring (bicyclic) bond motifs is 5. The van der Waals surface area contributed by atoms with Gasteiger partial charge >= 0.3 is 11.9 Å². The van der Waals surface area contributed by atoms with E-state index >= 15 is 0 Å². The van der Waals surface area contributed by atoms with Gasteiger partial charge in [0.05, 0.1) is 0 Å². The van der Waals surface area contributed by atoms with E-state index in [9.17, 15) is 9.59 Å². The first kappa shape index (κ1) is 24.3. The summed E-state index contributed by atoms with van der Waals surface area (Å²) in [7, 11) is 0. The monoisotopic (exact) mass is 454 g/mol. The number of carbonyl (C=O) groups is 2. The molecule has 0 heterocycles. The maximum atomic E-state index is 12.3. The fraction of sp³-hybridized carbons (Fsp3) is 0.724. The van der Waals surface area contributed by atoms with E-state index in [2.05, 4.69) is 33.1 Å². The van der Waals surface area contributed by atoms with Gasteiger partial charge in [0.15, 0.2) is 0 Å². The number of carbonyl (C=O) groups excluding carboxylic acids is 2. The number of rotatable bonds is 8. The average molecular weight is 455 g/mol. The molecule has 0 unspecified atom stereocenters. The first-order valence-corrected chi connectivity index (χ1v) is 13.1. The van der Waals surface area contributed by atoms with Crippen LogP contribution in [0.1, 0.15) is 90.9 Å². The van der Waals surface area contributed by atoms with Crippen LogP contribution in [0.2, 0.25) is 0 Å². The van der Waals surface area contributed by atoms with Crippen molar-refractivity contribution in [2.45, 2.75) is 103 Å². The molecule has 3 fully saturated rings. The first-order chi connectivity index (χ1) is 15.8. The molecule has 33 heavy (non-hydrogen) atoms. The fourth-order valence-electron chi connectivity index (χ4n) is 7.78. The summed E-state index contributed by atoms with van der Waals surface area (Å²) in [6.07, 6.45) is 17.0. The molecule has 0 aliphatic heterocycles. The van der Waals surface area contributed by atoms with Crippen LogP contribution >= 0.6 is 0 Å². The molecule has 182 valence electrons. The van der Waals surface area contributed by atoms with Gasteiger partial charge in [0, 0.05) is 24.7 Å². The van der Waals surface area contributed by atoms with Crippen LogP contribution in [0.25, 0.3) is 0 Å². The highest BCUT2D eigenvalue weighted by Gasteiger charge is 2.59. The zero-order valence-corrected chi connectivity index (χ0v) is 20.7. The third-order valence-corrected chi connectivity index (χ3v) is 9.65. The second kappa shape index (κ2) is 9.80. The molecule has 0 radical (unpaired) electrons. The van der Waals surface area contributed by atoms with Gasteiger partial charge in [-0.05, 0) is 81.0 Å². The van der Waals surface area contributed by atoms with Crippen LogP contribution in [0.5, 0.6) is 0 Å². The number of allylic oxidation sites excluding steroid dienone is 3. The summed E-state index contributed by atoms with van der Waals surface area (Å²) in [5.41, 5.74) is 1.84. The summed E-state index contributed by atoms with van der Waals surface area (Å²) in [4.78, 5) is 24.5. The van der Waals surface area contributed by atoms with Crippen LogP contribution in [0.3, 0.4) is 0 Å². The highest BCUT2D eigenvalue weighted by Crippen LogP contribution is 2.65. The predicted octanol–water partition coefficient (Wildman–Crippen LogP) is 6.71. The Morgan fingerprint density at radius 1 is 0.970 bits per heavy atom. The number of esters is 2. The van der Waals surface area contributed by atoms with Crippen molar-refractivity contribution < 1.29 is 19.1 Å². The minimum atomic E-state index is -0.0918. The van der Waals surface area contributed by atoms with Gasteiger partial charge in [-0.1, -0.05) is 37.6 Å². The lowest BCUT2D eigenvalue weighted by Gasteiger charge is -2.57. The van der Waals surface area contributed by atoms with Crippen molar-refractivity contribution in [3.8, 4) is 0 Å². The highest BCUT2D eigenvalue weighted by atomic mass is 16.5. The summed E-state index contributed by atoms with van der Waals surface area (Å²) in [5, 5.41) is 0. The van der Waals surface area contributed by atoms with Gasteiger partial charge in [0.2, 0.25) is 0 Å². The van der Waals surface area contributed by atoms with Gasteiger partial charge in [0.1, 0.15) is 12.2 Å². The Morgan fingerprint density at radius 3 is 2.36 bits per heavy atom. The van der Waals surface area contributed by atoms with Crippen molar-refractivity contribution in [2.24, 2.45) is 28.6 Å². The summed E-state index contributed by atoms with van der Waals surface area (Å²) >= 11 is 0. The molecule has 0 amide bonds. The smallest absolute Gasteiger partial charge is 0.306 e. The van der Waals surface area contributed by atoms with Crippen molar-refractivity contribution in [3.05, 3.63) is 37.0 Å². The SMILES string of the molecule is C=CCCC(=O)O[C@H]1CC[C@@]2(C)C(=CC[C@H]3[C@@H]4CC[C@H](OC(=O)CCC=C)[C@@]4(C)CC[C@@H]32)C1. The van der Waals surface area contributed by atoms with E-state index in [1.54, 1.807) is 12.2 Å². The molecule has 0 N–H and O–H groups in total. The quantitative estimate of drug-likeness (QED) is 0.302. The van der Waals surface area contributed by atoms with Gasteiger partial charge in [-0.3, -0.25) is 9.59 Å². The van der Waals surface area contributed by atoms with Crippen molar-refractivity contribution in [1.29, 1.82) is 0 Å². The normalized spacial score (nSPS) is 39.3. The molecule has 4 aliphatic rings. The Morgan fingerprint density at radius 2 is 1.67 bits per heavy atom. The van der Waals surface area contributed by atoms with Crippen molar-refractivity contribution >= 4 is 11.9 Å². The van der Waals surface area contributed by atoms with E-state index in [1.165, 1.54) is 18.4 Å². The Labute approximate surface area is 199 Å². The summed E-state index contributed by atoms with van der Waals surface area (Å²) < 4.78 is 11.8. The standard InChI is InChI=1S/C29H42O4/c1-5-7-9-26(30)32-21-15-17-28(3)20(19-21)11-12-22-23-13-14-25(33-27(31)10-8-6-2)29(23,4)18-16-24(22)28/h5-6,11,21-25H,1-2,7-10,12-19H2,3-4H3/t21-,22-,23-,24-,25-,28-,29-/m0/s1. The molecule has 0 bridgehead atoms. The molecule has 0 aromatic carbocycles. The molecule has 4 heteroatoms. The van der Waals surface area contributed by atoms with Gasteiger partial charge in [-0.25, -0.2) is 0 Å². The van der Waals surface area contributed by atoms with E-state index in [4.69, 9.17) is 9.47 Å². The van der Waals surface area contributed by atoms with Crippen molar-refractivity contribution in [3.63, 3.8) is 0 Å². The molecule has 4 aliphatic carbocycles. The lowest BCUT2D eigenvalue weighted by atomic mass is 9.48. The molecule has 7 atom stereocenters. The van der Waals surface area contributed by atoms with Crippen molar-refractivity contribution in [1.82, 2.24) is 0 Å². The van der Waals surface area contributed by atoms with Crippen LogP contribution in [0, 0.1) is 28.6 Å². The van der Waals surface area contributed by atoms with Crippen molar-refractivity contribution in [2.75, 3.05) is 0 Å². The van der Waals surface area contributed by atoms with E-state index in [0.29, 0.717) is 43.4 Å². The minimum absolute atomic E-state index is 0.0258. The number of ether oxygens (including phenoxy) is 2. The topological polar surface area (TPSA) is 52.6 Å². The average Bonchev–Trinajstić information content (AvgIpc) is 3.12. The zero-order chi connectivity index (χ0) is 23.6. The highest BCUT2D eigenvalue weighted by molar-refractivity contribution is 5.70. The molecular formula is C29H42O4. The van der Waals surface area contributed by atoms with Crippen LogP contribution in [0.4, 0.5) is 0 Å². The van der Waals surface area contributed by atoms with Gasteiger partial charge in [0.25, 0.3) is 0 Å². The number of hydrogen-bond acceptors (Lipinski definition) is 4. The molecule has 0 aromatic rings. The Kier molecular flexibility index (Phi) is 7.21. The first-order valence-electron chi connectivity index (χ1n) is 13.1. The van der Waals surface area contributed by atoms with Gasteiger partial charge in [-0.2, -0.15) is 0 Å². The Bertz CT molecular complexity index is 812. The Balaban J connectivity index is 1.43. The molecule has 0 saturated heterocycles. The Hall–Kier alpha value is -1.84. The molecule has 4 rings (SSSR count). The molecule has 0 aromatic heterocycles. The lowest BCUT2D eigenvalue weighted by Crippen LogP contribution is -2.51. The van der Waals surface area contributed by atoms with Gasteiger partial charge < -0.3 is 9.47 Å². The minimum Gasteiger partial charge on any atom is -0.462 e. The summed E-state index contributed by atoms with van der Waals surface area (Å²) in [5.74, 6) is 1.82. The van der Waals surface area contributed by atoms with Crippen LogP contribution < -0.4 is 0 Å². The van der Waals surface area contributed by atoms with E-state index in [-0.39, 0.29) is 35.0 Å². The van der Waals surface area contributed by atoms with E-state index in [0.717, 1.165) is 38.5 Å². The maximum Gasteiger partial charge on any atom is 0.306 e. The maximum absolute atomic E-state index is 12.3. The lowest BCUT2D eigenvalue weighted by molar-refractivity contribution is -0.159. The number of hydrogen-bond donors (Lipinski definition) is 0. The fourth-order valence-corrected chi connectivity index (χ4v) is 7.78. The largest absolute Gasteiger partial charge is 0.462 e. The molecule has 3 saturated carbocycles. The van der Waals surface area contributed by atoms with Crippen LogP contribution in [-0.4, -0.2) is 24.1 Å². The molecule has 4 nitrogen and oxygen atoms in total. The third kappa shape index (κ3) is 4.59. The third-order valence-electron chi connectivity index (χ3n) is 9.65. The second-order valence-electron chi connectivity index (χ2n) is 11.4. The van der Waals surface area contributed by atoms with Gasteiger partial charge in [-0.15, -0.1) is 13.2 Å². The summed E-state index contributed by atoms with van der Waals surface area (Å²) in [6, 6.07) is 0. The van der Waals surface area contributed by atoms with E-state index in [1.807, 2.05) is 0 Å². The van der Waals surface area contributed by atoms with Crippen LogP contribution in [-0.2, 0) is 19.1 Å². The molecular weight excluding hydrogens is 412 g/mol. The second-order valence-corrected chi connectivity index (χ2v) is 11.4.